The number of ether oxygens (including phenoxy) is 3. The van der Waals surface area contributed by atoms with Crippen molar-refractivity contribution in [3.05, 3.63) is 82.2 Å². The van der Waals surface area contributed by atoms with Crippen molar-refractivity contribution in [2.75, 3.05) is 32.3 Å². The number of rotatable bonds is 9. The lowest BCUT2D eigenvalue weighted by Crippen LogP contribution is -2.35. The van der Waals surface area contributed by atoms with Crippen molar-refractivity contribution in [3.8, 4) is 17.2 Å². The number of hydrogen-bond donors (Lipinski definition) is 2. The molecular weight excluding hydrogens is 553 g/mol. The Morgan fingerprint density at radius 2 is 1.57 bits per heavy atom. The van der Waals surface area contributed by atoms with Crippen LogP contribution in [0.2, 0.25) is 0 Å². The smallest absolute Gasteiger partial charge is 0.309 e. The first-order chi connectivity index (χ1) is 20.2. The number of fused-ring (bicyclic) bond motifs is 1. The molecule has 42 heavy (non-hydrogen) atoms. The summed E-state index contributed by atoms with van der Waals surface area (Å²) >= 11 is 0. The van der Waals surface area contributed by atoms with Gasteiger partial charge in [0.15, 0.2) is 29.0 Å². The Morgan fingerprint density at radius 1 is 0.952 bits per heavy atom. The summed E-state index contributed by atoms with van der Waals surface area (Å²) < 4.78 is 59.7. The molecule has 1 fully saturated rings. The molecule has 1 unspecified atom stereocenters. The van der Waals surface area contributed by atoms with Gasteiger partial charge < -0.3 is 24.6 Å². The Bertz CT molecular complexity index is 1480. The van der Waals surface area contributed by atoms with Crippen LogP contribution in [-0.2, 0) is 22.4 Å². The molecule has 1 amide bonds. The molecule has 2 aliphatic rings. The van der Waals surface area contributed by atoms with E-state index in [4.69, 9.17) is 14.2 Å². The van der Waals surface area contributed by atoms with Gasteiger partial charge in [-0.25, -0.2) is 13.2 Å². The van der Waals surface area contributed by atoms with Crippen LogP contribution in [-0.4, -0.2) is 48.9 Å². The van der Waals surface area contributed by atoms with Crippen LogP contribution in [0, 0.1) is 23.4 Å². The highest BCUT2D eigenvalue weighted by Gasteiger charge is 2.48. The van der Waals surface area contributed by atoms with Gasteiger partial charge in [0.25, 0.3) is 0 Å². The van der Waals surface area contributed by atoms with E-state index < -0.39 is 47.2 Å². The molecule has 2 aliphatic heterocycles. The molecule has 0 radical (unpaired) electrons. The molecule has 3 atom stereocenters. The van der Waals surface area contributed by atoms with E-state index in [1.54, 1.807) is 61.2 Å². The van der Waals surface area contributed by atoms with Crippen LogP contribution < -0.4 is 19.5 Å². The van der Waals surface area contributed by atoms with Gasteiger partial charge in [-0.1, -0.05) is 32.0 Å². The third kappa shape index (κ3) is 5.24. The Hall–Kier alpha value is -4.25. The van der Waals surface area contributed by atoms with Crippen molar-refractivity contribution >= 4 is 17.6 Å². The first kappa shape index (κ1) is 29.2. The van der Waals surface area contributed by atoms with Crippen LogP contribution >= 0.6 is 0 Å². The maximum atomic E-state index is 14.6. The van der Waals surface area contributed by atoms with Gasteiger partial charge >= 0.3 is 5.97 Å². The molecule has 5 rings (SSSR count). The van der Waals surface area contributed by atoms with Crippen LogP contribution in [0.4, 0.5) is 18.9 Å². The van der Waals surface area contributed by atoms with Crippen molar-refractivity contribution < 1.29 is 42.1 Å². The zero-order valence-corrected chi connectivity index (χ0v) is 23.4. The first-order valence-corrected chi connectivity index (χ1v) is 13.7. The summed E-state index contributed by atoms with van der Waals surface area (Å²) in [5, 5.41) is 13.1. The Balaban J connectivity index is 1.51. The highest BCUT2D eigenvalue weighted by Crippen LogP contribution is 2.48. The van der Waals surface area contributed by atoms with Gasteiger partial charge in [0, 0.05) is 29.6 Å². The Morgan fingerprint density at radius 3 is 2.17 bits per heavy atom. The zero-order valence-electron chi connectivity index (χ0n) is 23.4. The summed E-state index contributed by atoms with van der Waals surface area (Å²) in [7, 11) is 1.52. The number of benzene rings is 3. The summed E-state index contributed by atoms with van der Waals surface area (Å²) in [5.74, 6) is -5.75. The largest absolute Gasteiger partial charge is 0.497 e. The maximum Gasteiger partial charge on any atom is 0.309 e. The number of nitrogens with zero attached hydrogens (tertiary/aromatic N) is 1. The van der Waals surface area contributed by atoms with Gasteiger partial charge in [-0.15, -0.1) is 0 Å². The lowest BCUT2D eigenvalue weighted by molar-refractivity contribution is -0.143. The number of amides is 1. The standard InChI is InChI=1S/C31H31F3N2O6/c1-4-19-26(32)28(34)27(33)20(5-2)29(19)35-24(37)14-36-13-21(17-8-11-22-23(12-17)42-15-41-22)25(31(38)39)30(36)16-6-9-18(40-3)10-7-16/h6-12,21,25,30H,4-5,13-15H2,1-3H3,(H,35,37)(H,38,39)/t21-,25?,30+/m1/s1. The molecule has 0 bridgehead atoms. The number of hydrogen-bond acceptors (Lipinski definition) is 6. The molecule has 0 aliphatic carbocycles. The fraction of sp³-hybridized carbons (Fsp3) is 0.355. The van der Waals surface area contributed by atoms with Crippen molar-refractivity contribution in [2.45, 2.75) is 38.6 Å². The molecule has 1 saturated heterocycles. The number of aliphatic carboxylic acids is 1. The number of carbonyl (C=O) groups is 2. The average Bonchev–Trinajstić information content (AvgIpc) is 3.61. The van der Waals surface area contributed by atoms with E-state index in [2.05, 4.69) is 5.32 Å². The number of methoxy groups -OCH3 is 1. The van der Waals surface area contributed by atoms with Gasteiger partial charge in [0.1, 0.15) is 5.75 Å². The molecule has 0 saturated carbocycles. The van der Waals surface area contributed by atoms with Gasteiger partial charge in [0.2, 0.25) is 12.7 Å². The molecule has 222 valence electrons. The van der Waals surface area contributed by atoms with Crippen molar-refractivity contribution in [2.24, 2.45) is 5.92 Å². The van der Waals surface area contributed by atoms with Crippen LogP contribution in [0.1, 0.15) is 48.1 Å². The summed E-state index contributed by atoms with van der Waals surface area (Å²) in [6.07, 6.45) is 0.0498. The Labute approximate surface area is 241 Å². The van der Waals surface area contributed by atoms with Gasteiger partial charge in [-0.3, -0.25) is 14.5 Å². The van der Waals surface area contributed by atoms with E-state index in [0.29, 0.717) is 28.4 Å². The van der Waals surface area contributed by atoms with E-state index in [1.807, 2.05) is 0 Å². The highest BCUT2D eigenvalue weighted by atomic mass is 19.2. The second-order valence-electron chi connectivity index (χ2n) is 10.3. The van der Waals surface area contributed by atoms with Crippen LogP contribution in [0.25, 0.3) is 0 Å². The fourth-order valence-electron chi connectivity index (χ4n) is 6.01. The number of halogens is 3. The van der Waals surface area contributed by atoms with Crippen molar-refractivity contribution in [1.29, 1.82) is 0 Å². The molecule has 2 N–H and O–H groups in total. The normalized spacial score (nSPS) is 19.6. The minimum atomic E-state index is -1.57. The Kier molecular flexibility index (Phi) is 8.31. The average molecular weight is 585 g/mol. The molecule has 0 aromatic heterocycles. The highest BCUT2D eigenvalue weighted by molar-refractivity contribution is 5.94. The van der Waals surface area contributed by atoms with Gasteiger partial charge in [0.05, 0.1) is 25.3 Å². The van der Waals surface area contributed by atoms with Gasteiger partial charge in [-0.05, 0) is 48.2 Å². The second-order valence-corrected chi connectivity index (χ2v) is 10.3. The van der Waals surface area contributed by atoms with Gasteiger partial charge in [-0.2, -0.15) is 0 Å². The molecule has 0 spiro atoms. The van der Waals surface area contributed by atoms with E-state index in [9.17, 15) is 27.9 Å². The molecule has 3 aromatic rings. The number of carbonyl (C=O) groups excluding carboxylic acids is 1. The second kappa shape index (κ2) is 11.9. The summed E-state index contributed by atoms with van der Waals surface area (Å²) in [4.78, 5) is 28.0. The monoisotopic (exact) mass is 584 g/mol. The summed E-state index contributed by atoms with van der Waals surface area (Å²) in [6.45, 7) is 3.14. The molecule has 2 heterocycles. The third-order valence-corrected chi connectivity index (χ3v) is 8.00. The lowest BCUT2D eigenvalue weighted by atomic mass is 9.82. The van der Waals surface area contributed by atoms with Crippen LogP contribution in [0.15, 0.2) is 42.5 Å². The third-order valence-electron chi connectivity index (χ3n) is 8.00. The summed E-state index contributed by atoms with van der Waals surface area (Å²) in [6, 6.07) is 11.5. The minimum Gasteiger partial charge on any atom is -0.497 e. The van der Waals surface area contributed by atoms with E-state index in [1.165, 1.54) is 7.11 Å². The number of nitrogens with one attached hydrogen (secondary N) is 1. The quantitative estimate of drug-likeness (QED) is 0.323. The van der Waals surface area contributed by atoms with E-state index >= 15 is 0 Å². The fourth-order valence-corrected chi connectivity index (χ4v) is 6.01. The van der Waals surface area contributed by atoms with Crippen molar-refractivity contribution in [3.63, 3.8) is 0 Å². The first-order valence-electron chi connectivity index (χ1n) is 13.7. The zero-order chi connectivity index (χ0) is 30.1. The predicted octanol–water partition coefficient (Wildman–Crippen LogP) is 5.45. The molecular formula is C31H31F3N2O6. The number of likely N-dealkylation sites (tertiary alicyclic amines) is 1. The molecule has 8 nitrogen and oxygen atoms in total. The number of carboxylic acids is 1. The summed E-state index contributed by atoms with van der Waals surface area (Å²) in [5.41, 5.74) is 1.00. The molecule has 11 heteroatoms. The minimum absolute atomic E-state index is 0.0249. The predicted molar refractivity (Wildman–Crippen MR) is 147 cm³/mol. The van der Waals surface area contributed by atoms with E-state index in [0.717, 1.165) is 0 Å². The topological polar surface area (TPSA) is 97.3 Å². The maximum absolute atomic E-state index is 14.6. The van der Waals surface area contributed by atoms with Crippen LogP contribution in [0.3, 0.4) is 0 Å². The van der Waals surface area contributed by atoms with Crippen LogP contribution in [0.5, 0.6) is 17.2 Å². The molecule has 3 aromatic carbocycles. The van der Waals surface area contributed by atoms with Crippen molar-refractivity contribution in [1.82, 2.24) is 4.90 Å². The lowest BCUT2D eigenvalue weighted by Gasteiger charge is -2.27. The SMILES string of the molecule is CCc1c(F)c(F)c(F)c(CC)c1NC(=O)CN1C[C@H](c2ccc3c(c2)OCO3)C(C(=O)O)[C@@H]1c1ccc(OC)cc1. The number of anilines is 1. The van der Waals surface area contributed by atoms with E-state index in [-0.39, 0.29) is 49.5 Å². The number of carboxylic acid groups (broad SMARTS) is 1.